The molecule has 0 radical (unpaired) electrons. The van der Waals surface area contributed by atoms with E-state index in [9.17, 15) is 19.0 Å². The third kappa shape index (κ3) is 1.67. The van der Waals surface area contributed by atoms with Crippen LogP contribution < -0.4 is 0 Å². The molecule has 1 aliphatic rings. The lowest BCUT2D eigenvalue weighted by molar-refractivity contribution is -0.150. The molecule has 1 aliphatic heterocycles. The van der Waals surface area contributed by atoms with Gasteiger partial charge in [-0.1, -0.05) is 0 Å². The van der Waals surface area contributed by atoms with E-state index in [1.807, 2.05) is 0 Å². The van der Waals surface area contributed by atoms with Gasteiger partial charge in [0.2, 0.25) is 0 Å². The van der Waals surface area contributed by atoms with Gasteiger partial charge in [-0.2, -0.15) is 0 Å². The molecule has 0 saturated carbocycles. The maximum Gasteiger partial charge on any atom is 0.474 e. The van der Waals surface area contributed by atoms with Crippen molar-refractivity contribution in [2.45, 2.75) is 38.9 Å². The maximum atomic E-state index is 11.4. The Hall–Kier alpha value is -0.550. The molecule has 2 atom stereocenters. The molecule has 0 amide bonds. The van der Waals surface area contributed by atoms with E-state index in [1.54, 1.807) is 0 Å². The standard InChI is InChI=1S/C8H13O6P/c1-5(9)7(3)8(4,6(2)10)14-15(11,12)13-7/h1-4H3,(H,11,12). The van der Waals surface area contributed by atoms with Crippen molar-refractivity contribution in [2.75, 3.05) is 0 Å². The van der Waals surface area contributed by atoms with Crippen LogP contribution in [-0.2, 0) is 23.2 Å². The van der Waals surface area contributed by atoms with Crippen molar-refractivity contribution in [3.05, 3.63) is 0 Å². The Balaban J connectivity index is 3.33. The smallest absolute Gasteiger partial charge is 0.302 e. The van der Waals surface area contributed by atoms with Crippen LogP contribution in [0.1, 0.15) is 27.7 Å². The van der Waals surface area contributed by atoms with Gasteiger partial charge in [0.15, 0.2) is 22.8 Å². The number of carbonyl (C=O) groups excluding carboxylic acids is 2. The van der Waals surface area contributed by atoms with Crippen molar-refractivity contribution < 1.29 is 28.1 Å². The Kier molecular flexibility index (Phi) is 2.69. The summed E-state index contributed by atoms with van der Waals surface area (Å²) in [6.07, 6.45) is 0. The molecule has 1 N–H and O–H groups in total. The zero-order valence-electron chi connectivity index (χ0n) is 8.94. The molecule has 6 nitrogen and oxygen atoms in total. The molecule has 1 heterocycles. The minimum absolute atomic E-state index is 0.535. The normalized spacial score (nSPS) is 45.4. The molecule has 1 fully saturated rings. The van der Waals surface area contributed by atoms with Crippen molar-refractivity contribution >= 4 is 19.4 Å². The van der Waals surface area contributed by atoms with Crippen LogP contribution in [0.4, 0.5) is 0 Å². The lowest BCUT2D eigenvalue weighted by Crippen LogP contribution is -2.56. The van der Waals surface area contributed by atoms with Crippen LogP contribution in [0, 0.1) is 0 Å². The zero-order chi connectivity index (χ0) is 12.1. The largest absolute Gasteiger partial charge is 0.474 e. The van der Waals surface area contributed by atoms with E-state index in [0.29, 0.717) is 0 Å². The molecule has 2 unspecified atom stereocenters. The molecular weight excluding hydrogens is 223 g/mol. The van der Waals surface area contributed by atoms with Crippen LogP contribution in [0.15, 0.2) is 0 Å². The summed E-state index contributed by atoms with van der Waals surface area (Å²) in [6.45, 7) is 4.89. The van der Waals surface area contributed by atoms with Gasteiger partial charge in [-0.3, -0.25) is 18.6 Å². The molecule has 0 bridgehead atoms. The summed E-state index contributed by atoms with van der Waals surface area (Å²) in [4.78, 5) is 31.9. The lowest BCUT2D eigenvalue weighted by atomic mass is 9.80. The summed E-state index contributed by atoms with van der Waals surface area (Å²) in [5, 5.41) is 0. The van der Waals surface area contributed by atoms with E-state index in [-0.39, 0.29) is 0 Å². The van der Waals surface area contributed by atoms with Gasteiger partial charge in [0.1, 0.15) is 0 Å². The number of ketones is 2. The van der Waals surface area contributed by atoms with Crippen molar-refractivity contribution in [3.8, 4) is 0 Å². The van der Waals surface area contributed by atoms with Crippen LogP contribution in [0.2, 0.25) is 0 Å². The lowest BCUT2D eigenvalue weighted by Gasteiger charge is -2.31. The highest BCUT2D eigenvalue weighted by atomic mass is 31.2. The fraction of sp³-hybridized carbons (Fsp3) is 0.750. The Bertz CT molecular complexity index is 345. The zero-order valence-corrected chi connectivity index (χ0v) is 9.83. The Morgan fingerprint density at radius 1 is 1.07 bits per heavy atom. The summed E-state index contributed by atoms with van der Waals surface area (Å²) in [7, 11) is -4.34. The SMILES string of the molecule is CC(=O)C1(C)OP(=O)(O)OC1(C)C(C)=O. The molecular formula is C8H13O6P. The highest BCUT2D eigenvalue weighted by Crippen LogP contribution is 2.61. The number of Topliss-reactive ketones (excluding diaryl/α,β-unsaturated/α-hetero) is 2. The first-order valence-electron chi connectivity index (χ1n) is 4.31. The molecule has 0 spiro atoms. The summed E-state index contributed by atoms with van der Waals surface area (Å²) < 4.78 is 20.6. The van der Waals surface area contributed by atoms with Crippen LogP contribution in [0.25, 0.3) is 0 Å². The minimum Gasteiger partial charge on any atom is -0.302 e. The van der Waals surface area contributed by atoms with Crippen LogP contribution in [-0.4, -0.2) is 27.7 Å². The van der Waals surface area contributed by atoms with Crippen LogP contribution >= 0.6 is 7.82 Å². The number of phosphoric ester groups is 1. The average Bonchev–Trinajstić information content (AvgIpc) is 2.19. The first-order chi connectivity index (χ1) is 6.55. The van der Waals surface area contributed by atoms with Gasteiger partial charge in [0.05, 0.1) is 0 Å². The third-order valence-electron chi connectivity index (χ3n) is 2.85. The maximum absolute atomic E-state index is 11.4. The molecule has 1 rings (SSSR count). The number of phosphoric acid groups is 1. The Morgan fingerprint density at radius 3 is 1.53 bits per heavy atom. The van der Waals surface area contributed by atoms with Crippen LogP contribution in [0.3, 0.4) is 0 Å². The molecule has 0 aliphatic carbocycles. The van der Waals surface area contributed by atoms with E-state index < -0.39 is 30.6 Å². The minimum atomic E-state index is -4.34. The van der Waals surface area contributed by atoms with Gasteiger partial charge in [0.25, 0.3) is 0 Å². The second-order valence-electron chi connectivity index (χ2n) is 3.83. The topological polar surface area (TPSA) is 89.9 Å². The van der Waals surface area contributed by atoms with Crippen molar-refractivity contribution in [1.82, 2.24) is 0 Å². The van der Waals surface area contributed by atoms with Crippen molar-refractivity contribution in [2.24, 2.45) is 0 Å². The number of carbonyl (C=O) groups is 2. The number of hydrogen-bond acceptors (Lipinski definition) is 5. The second-order valence-corrected chi connectivity index (χ2v) is 5.13. The number of hydrogen-bond donors (Lipinski definition) is 1. The summed E-state index contributed by atoms with van der Waals surface area (Å²) >= 11 is 0. The van der Waals surface area contributed by atoms with Gasteiger partial charge in [-0.15, -0.1) is 0 Å². The predicted octanol–water partition coefficient (Wildman–Crippen LogP) is 0.829. The first-order valence-corrected chi connectivity index (χ1v) is 5.81. The van der Waals surface area contributed by atoms with Crippen molar-refractivity contribution in [3.63, 3.8) is 0 Å². The molecule has 0 aromatic heterocycles. The summed E-state index contributed by atoms with van der Waals surface area (Å²) in [5.74, 6) is -1.07. The second kappa shape index (κ2) is 3.22. The van der Waals surface area contributed by atoms with Gasteiger partial charge in [0, 0.05) is 0 Å². The molecule has 0 aromatic rings. The highest BCUT2D eigenvalue weighted by molar-refractivity contribution is 7.47. The Morgan fingerprint density at radius 2 is 1.33 bits per heavy atom. The molecule has 86 valence electrons. The van der Waals surface area contributed by atoms with Gasteiger partial charge in [-0.05, 0) is 27.7 Å². The number of rotatable bonds is 2. The fourth-order valence-electron chi connectivity index (χ4n) is 1.45. The van der Waals surface area contributed by atoms with E-state index in [0.717, 1.165) is 0 Å². The highest BCUT2D eigenvalue weighted by Gasteiger charge is 2.65. The van der Waals surface area contributed by atoms with E-state index in [1.165, 1.54) is 27.7 Å². The van der Waals surface area contributed by atoms with E-state index in [2.05, 4.69) is 0 Å². The molecule has 15 heavy (non-hydrogen) atoms. The summed E-state index contributed by atoms with van der Waals surface area (Å²) in [6, 6.07) is 0. The summed E-state index contributed by atoms with van der Waals surface area (Å²) in [5.41, 5.74) is -3.44. The predicted molar refractivity (Wildman–Crippen MR) is 50.2 cm³/mol. The van der Waals surface area contributed by atoms with Gasteiger partial charge < -0.3 is 4.89 Å². The van der Waals surface area contributed by atoms with Gasteiger partial charge in [-0.25, -0.2) is 4.57 Å². The molecule has 1 saturated heterocycles. The average molecular weight is 236 g/mol. The molecule has 0 aromatic carbocycles. The first kappa shape index (κ1) is 12.5. The van der Waals surface area contributed by atoms with Crippen molar-refractivity contribution in [1.29, 1.82) is 0 Å². The van der Waals surface area contributed by atoms with Crippen LogP contribution in [0.5, 0.6) is 0 Å². The van der Waals surface area contributed by atoms with E-state index >= 15 is 0 Å². The fourth-order valence-corrected chi connectivity index (χ4v) is 3.02. The monoisotopic (exact) mass is 236 g/mol. The third-order valence-corrected chi connectivity index (χ3v) is 4.04. The van der Waals surface area contributed by atoms with Gasteiger partial charge >= 0.3 is 7.82 Å². The Labute approximate surface area is 87.2 Å². The molecule has 7 heteroatoms. The van der Waals surface area contributed by atoms with E-state index in [4.69, 9.17) is 9.05 Å². The quantitative estimate of drug-likeness (QED) is 0.714.